The monoisotopic (exact) mass is 315 g/mol. The highest BCUT2D eigenvalue weighted by Gasteiger charge is 2.39. The van der Waals surface area contributed by atoms with E-state index in [1.807, 2.05) is 0 Å². The van der Waals surface area contributed by atoms with E-state index in [2.05, 4.69) is 5.32 Å². The van der Waals surface area contributed by atoms with Gasteiger partial charge in [-0.25, -0.2) is 12.8 Å². The second-order valence-electron chi connectivity index (χ2n) is 5.50. The topological polar surface area (TPSA) is 72.5 Å². The van der Waals surface area contributed by atoms with Gasteiger partial charge >= 0.3 is 0 Å². The lowest BCUT2D eigenvalue weighted by atomic mass is 10.0. The molecule has 1 atom stereocenters. The normalized spacial score (nSPS) is 23.7. The largest absolute Gasteiger partial charge is 0.493 e. The molecule has 0 spiro atoms. The van der Waals surface area contributed by atoms with Crippen molar-refractivity contribution in [3.05, 3.63) is 30.1 Å². The number of hydrogen-bond donors (Lipinski definition) is 1. The van der Waals surface area contributed by atoms with Crippen molar-refractivity contribution in [3.8, 4) is 5.75 Å². The van der Waals surface area contributed by atoms with Crippen molar-refractivity contribution < 1.29 is 22.3 Å². The molecule has 116 valence electrons. The number of benzene rings is 1. The van der Waals surface area contributed by atoms with Crippen molar-refractivity contribution in [1.82, 2.24) is 5.32 Å². The average Bonchev–Trinajstić information content (AvgIpc) is 2.65. The molecule has 1 fully saturated rings. The molecule has 5 nitrogen and oxygen atoms in total. The first-order valence-electron chi connectivity index (χ1n) is 6.68. The summed E-state index contributed by atoms with van der Waals surface area (Å²) in [6.45, 7) is 1.89. The molecule has 0 unspecified atom stereocenters. The Kier molecular flexibility index (Phi) is 4.51. The first kappa shape index (κ1) is 15.8. The summed E-state index contributed by atoms with van der Waals surface area (Å²) in [7, 11) is -3.05. The van der Waals surface area contributed by atoms with E-state index in [0.717, 1.165) is 0 Å². The molecule has 0 radical (unpaired) electrons. The third-order valence-corrected chi connectivity index (χ3v) is 5.26. The number of rotatable bonds is 5. The van der Waals surface area contributed by atoms with Crippen LogP contribution in [0.25, 0.3) is 0 Å². The number of carbonyl (C=O) groups is 1. The van der Waals surface area contributed by atoms with E-state index in [1.165, 1.54) is 24.3 Å². The highest BCUT2D eigenvalue weighted by molar-refractivity contribution is 7.91. The SMILES string of the molecule is C[C@]1(NC(=O)CCOc2ccc(F)cc2)CCS(=O)(=O)C1. The number of amides is 1. The first-order chi connectivity index (χ1) is 9.78. The van der Waals surface area contributed by atoms with Gasteiger partial charge in [0.1, 0.15) is 11.6 Å². The second-order valence-corrected chi connectivity index (χ2v) is 7.69. The van der Waals surface area contributed by atoms with Gasteiger partial charge in [-0.3, -0.25) is 4.79 Å². The molecule has 21 heavy (non-hydrogen) atoms. The van der Waals surface area contributed by atoms with Gasteiger partial charge in [0.2, 0.25) is 5.91 Å². The van der Waals surface area contributed by atoms with Crippen LogP contribution in [0.1, 0.15) is 19.8 Å². The van der Waals surface area contributed by atoms with Crippen molar-refractivity contribution in [2.75, 3.05) is 18.1 Å². The Labute approximate surface area is 123 Å². The van der Waals surface area contributed by atoms with Crippen LogP contribution in [-0.2, 0) is 14.6 Å². The Balaban J connectivity index is 1.76. The van der Waals surface area contributed by atoms with Gasteiger partial charge in [0.25, 0.3) is 0 Å². The summed E-state index contributed by atoms with van der Waals surface area (Å²) in [6.07, 6.45) is 0.549. The van der Waals surface area contributed by atoms with Crippen LogP contribution < -0.4 is 10.1 Å². The maximum absolute atomic E-state index is 12.7. The Bertz CT molecular complexity index is 614. The number of nitrogens with one attached hydrogen (secondary N) is 1. The van der Waals surface area contributed by atoms with E-state index in [0.29, 0.717) is 12.2 Å². The fourth-order valence-electron chi connectivity index (χ4n) is 2.30. The van der Waals surface area contributed by atoms with Gasteiger partial charge in [-0.1, -0.05) is 0 Å². The summed E-state index contributed by atoms with van der Waals surface area (Å²) in [4.78, 5) is 11.8. The van der Waals surface area contributed by atoms with Crippen molar-refractivity contribution in [2.45, 2.75) is 25.3 Å². The van der Waals surface area contributed by atoms with Crippen LogP contribution in [0.4, 0.5) is 4.39 Å². The van der Waals surface area contributed by atoms with E-state index in [-0.39, 0.29) is 36.3 Å². The quantitative estimate of drug-likeness (QED) is 0.888. The zero-order valence-electron chi connectivity index (χ0n) is 11.8. The summed E-state index contributed by atoms with van der Waals surface area (Å²) in [5.74, 6) is -0.0357. The Hall–Kier alpha value is -1.63. The number of sulfone groups is 1. The van der Waals surface area contributed by atoms with Crippen molar-refractivity contribution in [1.29, 1.82) is 0 Å². The fraction of sp³-hybridized carbons (Fsp3) is 0.500. The fourth-order valence-corrected chi connectivity index (χ4v) is 4.39. The number of hydrogen-bond acceptors (Lipinski definition) is 4. The predicted octanol–water partition coefficient (Wildman–Crippen LogP) is 1.29. The van der Waals surface area contributed by atoms with Crippen LogP contribution in [0.5, 0.6) is 5.75 Å². The van der Waals surface area contributed by atoms with Gasteiger partial charge in [0, 0.05) is 0 Å². The van der Waals surface area contributed by atoms with Gasteiger partial charge in [-0.05, 0) is 37.6 Å². The van der Waals surface area contributed by atoms with E-state index in [9.17, 15) is 17.6 Å². The van der Waals surface area contributed by atoms with Gasteiger partial charge in [0.15, 0.2) is 9.84 Å². The minimum atomic E-state index is -3.05. The molecule has 1 aliphatic rings. The molecule has 1 N–H and O–H groups in total. The van der Waals surface area contributed by atoms with Crippen LogP contribution in [0, 0.1) is 5.82 Å². The van der Waals surface area contributed by atoms with Crippen LogP contribution in [0.3, 0.4) is 0 Å². The molecule has 1 aromatic rings. The van der Waals surface area contributed by atoms with E-state index >= 15 is 0 Å². The highest BCUT2D eigenvalue weighted by atomic mass is 32.2. The lowest BCUT2D eigenvalue weighted by Crippen LogP contribution is -2.47. The molecular weight excluding hydrogens is 297 g/mol. The number of halogens is 1. The third-order valence-electron chi connectivity index (χ3n) is 3.36. The average molecular weight is 315 g/mol. The lowest BCUT2D eigenvalue weighted by molar-refractivity contribution is -0.123. The maximum Gasteiger partial charge on any atom is 0.223 e. The standard InChI is InChI=1S/C14H18FNO4S/c1-14(7-9-21(18,19)10-14)16-13(17)6-8-20-12-4-2-11(15)3-5-12/h2-5H,6-10H2,1H3,(H,16,17)/t14-/m0/s1. The molecule has 7 heteroatoms. The minimum Gasteiger partial charge on any atom is -0.493 e. The summed E-state index contributed by atoms with van der Waals surface area (Å²) < 4.78 is 40.9. The molecule has 0 aliphatic carbocycles. The van der Waals surface area contributed by atoms with Gasteiger partial charge < -0.3 is 10.1 Å². The Morgan fingerprint density at radius 2 is 2.05 bits per heavy atom. The van der Waals surface area contributed by atoms with Crippen molar-refractivity contribution >= 4 is 15.7 Å². The third kappa shape index (κ3) is 4.70. The number of carbonyl (C=O) groups excluding carboxylic acids is 1. The summed E-state index contributed by atoms with van der Waals surface area (Å²) in [5.41, 5.74) is -0.689. The molecule has 1 saturated heterocycles. The van der Waals surface area contributed by atoms with Crippen LogP contribution in [0.2, 0.25) is 0 Å². The Morgan fingerprint density at radius 3 is 2.62 bits per heavy atom. The highest BCUT2D eigenvalue weighted by Crippen LogP contribution is 2.22. The molecule has 1 aliphatic heterocycles. The van der Waals surface area contributed by atoms with E-state index in [4.69, 9.17) is 4.74 Å². The molecular formula is C14H18FNO4S. The maximum atomic E-state index is 12.7. The van der Waals surface area contributed by atoms with E-state index in [1.54, 1.807) is 6.92 Å². The lowest BCUT2D eigenvalue weighted by Gasteiger charge is -2.23. The minimum absolute atomic E-state index is 0.0233. The van der Waals surface area contributed by atoms with Crippen LogP contribution >= 0.6 is 0 Å². The van der Waals surface area contributed by atoms with Gasteiger partial charge in [-0.15, -0.1) is 0 Å². The second kappa shape index (κ2) is 6.01. The molecule has 0 saturated carbocycles. The smallest absolute Gasteiger partial charge is 0.223 e. The van der Waals surface area contributed by atoms with Gasteiger partial charge in [-0.2, -0.15) is 0 Å². The van der Waals surface area contributed by atoms with Crippen LogP contribution in [-0.4, -0.2) is 38.0 Å². The molecule has 0 aromatic heterocycles. The van der Waals surface area contributed by atoms with Gasteiger partial charge in [0.05, 0.1) is 30.1 Å². The van der Waals surface area contributed by atoms with Crippen molar-refractivity contribution in [3.63, 3.8) is 0 Å². The Morgan fingerprint density at radius 1 is 1.38 bits per heavy atom. The first-order valence-corrected chi connectivity index (χ1v) is 8.50. The van der Waals surface area contributed by atoms with Crippen LogP contribution in [0.15, 0.2) is 24.3 Å². The summed E-state index contributed by atoms with van der Waals surface area (Å²) >= 11 is 0. The molecule has 1 amide bonds. The molecule has 1 aromatic carbocycles. The summed E-state index contributed by atoms with van der Waals surface area (Å²) in [5, 5.41) is 2.75. The summed E-state index contributed by atoms with van der Waals surface area (Å²) in [6, 6.07) is 5.52. The van der Waals surface area contributed by atoms with E-state index < -0.39 is 15.4 Å². The zero-order chi connectivity index (χ0) is 15.5. The van der Waals surface area contributed by atoms with Crippen molar-refractivity contribution in [2.24, 2.45) is 0 Å². The zero-order valence-corrected chi connectivity index (χ0v) is 12.6. The number of ether oxygens (including phenoxy) is 1. The molecule has 0 bridgehead atoms. The molecule has 1 heterocycles. The molecule has 2 rings (SSSR count). The predicted molar refractivity (Wildman–Crippen MR) is 76.3 cm³/mol.